The van der Waals surface area contributed by atoms with Crippen LogP contribution in [0, 0.1) is 12.7 Å². The maximum atomic E-state index is 13.1. The Bertz CT molecular complexity index is 1030. The molecule has 0 unspecified atom stereocenters. The molecule has 1 saturated heterocycles. The minimum Gasteiger partial charge on any atom is -0.489 e. The number of carbonyl (C=O) groups excluding carboxylic acids is 1. The number of amides is 1. The van der Waals surface area contributed by atoms with Crippen molar-refractivity contribution in [2.24, 2.45) is 0 Å². The summed E-state index contributed by atoms with van der Waals surface area (Å²) >= 11 is 5.95. The van der Waals surface area contributed by atoms with E-state index in [0.717, 1.165) is 24.7 Å². The number of aryl methyl sites for hydroxylation is 1. The lowest BCUT2D eigenvalue weighted by Gasteiger charge is -2.34. The molecule has 6 nitrogen and oxygen atoms in total. The second-order valence-corrected chi connectivity index (χ2v) is 7.94. The molecule has 0 spiro atoms. The average molecular weight is 444 g/mol. The maximum absolute atomic E-state index is 13.1. The lowest BCUT2D eigenvalue weighted by molar-refractivity contribution is 0.0616. The van der Waals surface area contributed by atoms with E-state index < -0.39 is 0 Å². The summed E-state index contributed by atoms with van der Waals surface area (Å²) in [4.78, 5) is 17.2. The van der Waals surface area contributed by atoms with E-state index in [1.165, 1.54) is 17.7 Å². The van der Waals surface area contributed by atoms with Crippen LogP contribution in [0.1, 0.15) is 27.4 Å². The zero-order valence-electron chi connectivity index (χ0n) is 17.2. The zero-order valence-corrected chi connectivity index (χ0v) is 17.9. The van der Waals surface area contributed by atoms with Gasteiger partial charge in [-0.25, -0.2) is 4.39 Å². The molecule has 0 N–H and O–H groups in total. The minimum atomic E-state index is -0.334. The van der Waals surface area contributed by atoms with E-state index in [1.54, 1.807) is 24.0 Å². The summed E-state index contributed by atoms with van der Waals surface area (Å²) in [6, 6.07) is 13.5. The molecule has 31 heavy (non-hydrogen) atoms. The number of aromatic nitrogens is 1. The Morgan fingerprint density at radius 1 is 1.10 bits per heavy atom. The fraction of sp³-hybridized carbons (Fsp3) is 0.304. The maximum Gasteiger partial charge on any atom is 0.276 e. The summed E-state index contributed by atoms with van der Waals surface area (Å²) in [6.07, 6.45) is 0. The van der Waals surface area contributed by atoms with Crippen LogP contribution >= 0.6 is 11.6 Å². The van der Waals surface area contributed by atoms with Gasteiger partial charge in [-0.3, -0.25) is 9.69 Å². The van der Waals surface area contributed by atoms with Gasteiger partial charge in [0.2, 0.25) is 0 Å². The minimum absolute atomic E-state index is 0.124. The second-order valence-electron chi connectivity index (χ2n) is 7.50. The number of benzene rings is 2. The Balaban J connectivity index is 1.35. The lowest BCUT2D eigenvalue weighted by Crippen LogP contribution is -2.48. The average Bonchev–Trinajstić information content (AvgIpc) is 3.15. The van der Waals surface area contributed by atoms with E-state index >= 15 is 0 Å². The molecule has 2 aromatic carbocycles. The van der Waals surface area contributed by atoms with Gasteiger partial charge in [0.15, 0.2) is 5.69 Å². The molecule has 0 saturated carbocycles. The van der Waals surface area contributed by atoms with Gasteiger partial charge in [-0.05, 0) is 48.9 Å². The van der Waals surface area contributed by atoms with Crippen molar-refractivity contribution in [2.75, 3.05) is 26.2 Å². The van der Waals surface area contributed by atoms with Crippen LogP contribution in [-0.2, 0) is 13.2 Å². The van der Waals surface area contributed by atoms with Gasteiger partial charge in [-0.15, -0.1) is 0 Å². The normalized spacial score (nSPS) is 14.6. The number of carbonyl (C=O) groups is 1. The van der Waals surface area contributed by atoms with Gasteiger partial charge in [0.1, 0.15) is 23.9 Å². The highest BCUT2D eigenvalue weighted by atomic mass is 35.5. The molecule has 1 fully saturated rings. The molecule has 1 aromatic heterocycles. The molecule has 0 aliphatic carbocycles. The topological polar surface area (TPSA) is 58.8 Å². The van der Waals surface area contributed by atoms with Crippen LogP contribution < -0.4 is 4.74 Å². The van der Waals surface area contributed by atoms with Gasteiger partial charge in [-0.1, -0.05) is 28.9 Å². The molecule has 1 aliphatic heterocycles. The summed E-state index contributed by atoms with van der Waals surface area (Å²) in [5, 5.41) is 4.70. The van der Waals surface area contributed by atoms with Gasteiger partial charge >= 0.3 is 0 Å². The third kappa shape index (κ3) is 5.24. The summed E-state index contributed by atoms with van der Waals surface area (Å²) in [7, 11) is 0. The highest BCUT2D eigenvalue weighted by molar-refractivity contribution is 6.30. The first-order valence-electron chi connectivity index (χ1n) is 10.1. The van der Waals surface area contributed by atoms with E-state index in [4.69, 9.17) is 20.9 Å². The predicted molar refractivity (Wildman–Crippen MR) is 115 cm³/mol. The monoisotopic (exact) mass is 443 g/mol. The molecule has 1 aliphatic rings. The van der Waals surface area contributed by atoms with Crippen molar-refractivity contribution in [1.82, 2.24) is 15.0 Å². The predicted octanol–water partition coefficient (Wildman–Crippen LogP) is 4.31. The number of nitrogens with zero attached hydrogens (tertiary/aromatic N) is 3. The number of hydrogen-bond acceptors (Lipinski definition) is 5. The molecule has 2 heterocycles. The van der Waals surface area contributed by atoms with Crippen molar-refractivity contribution in [3.05, 3.63) is 82.0 Å². The SMILES string of the molecule is Cc1onc(C(=O)N2CCN(Cc3ccc(Cl)cc3)CC2)c1COc1ccc(F)cc1. The third-order valence-corrected chi connectivity index (χ3v) is 5.61. The first-order valence-corrected chi connectivity index (χ1v) is 10.5. The van der Waals surface area contributed by atoms with Crippen molar-refractivity contribution < 1.29 is 18.4 Å². The molecule has 3 aromatic rings. The number of hydrogen-bond donors (Lipinski definition) is 0. The van der Waals surface area contributed by atoms with E-state index in [-0.39, 0.29) is 24.0 Å². The molecule has 162 valence electrons. The highest BCUT2D eigenvalue weighted by Gasteiger charge is 2.28. The Hall–Kier alpha value is -2.90. The number of ether oxygens (including phenoxy) is 1. The fourth-order valence-corrected chi connectivity index (χ4v) is 3.65. The molecule has 0 bridgehead atoms. The quantitative estimate of drug-likeness (QED) is 0.568. The van der Waals surface area contributed by atoms with Crippen LogP contribution in [0.3, 0.4) is 0 Å². The standard InChI is InChI=1S/C23H23ClFN3O3/c1-16-21(15-30-20-8-6-19(25)7-9-20)22(26-31-16)23(29)28-12-10-27(11-13-28)14-17-2-4-18(24)5-3-17/h2-9H,10-15H2,1H3. The van der Waals surface area contributed by atoms with Gasteiger partial charge in [0, 0.05) is 37.7 Å². The summed E-state index contributed by atoms with van der Waals surface area (Å²) in [5.74, 6) is 0.545. The van der Waals surface area contributed by atoms with E-state index in [9.17, 15) is 9.18 Å². The first kappa shape index (κ1) is 21.3. The van der Waals surface area contributed by atoms with Crippen LogP contribution in [0.25, 0.3) is 0 Å². The van der Waals surface area contributed by atoms with E-state index in [2.05, 4.69) is 10.1 Å². The van der Waals surface area contributed by atoms with Crippen LogP contribution in [0.5, 0.6) is 5.75 Å². The molecule has 1 amide bonds. The van der Waals surface area contributed by atoms with Crippen molar-refractivity contribution in [3.8, 4) is 5.75 Å². The van der Waals surface area contributed by atoms with Crippen LogP contribution in [0.4, 0.5) is 4.39 Å². The molecule has 4 rings (SSSR count). The zero-order chi connectivity index (χ0) is 21.8. The van der Waals surface area contributed by atoms with Crippen LogP contribution in [0.15, 0.2) is 53.1 Å². The van der Waals surface area contributed by atoms with Gasteiger partial charge in [-0.2, -0.15) is 0 Å². The fourth-order valence-electron chi connectivity index (χ4n) is 3.52. The first-order chi connectivity index (χ1) is 15.0. The van der Waals surface area contributed by atoms with Crippen LogP contribution in [0.2, 0.25) is 5.02 Å². The van der Waals surface area contributed by atoms with E-state index in [1.807, 2.05) is 24.3 Å². The molecule has 0 atom stereocenters. The Morgan fingerprint density at radius 3 is 2.45 bits per heavy atom. The number of piperazine rings is 1. The lowest BCUT2D eigenvalue weighted by atomic mass is 10.1. The summed E-state index contributed by atoms with van der Waals surface area (Å²) < 4.78 is 24.0. The van der Waals surface area contributed by atoms with Gasteiger partial charge in [0.25, 0.3) is 5.91 Å². The molecule has 8 heteroatoms. The smallest absolute Gasteiger partial charge is 0.276 e. The van der Waals surface area contributed by atoms with E-state index in [0.29, 0.717) is 30.2 Å². The summed E-state index contributed by atoms with van der Waals surface area (Å²) in [5.41, 5.74) is 2.07. The van der Waals surface area contributed by atoms with Gasteiger partial charge < -0.3 is 14.2 Å². The van der Waals surface area contributed by atoms with Crippen LogP contribution in [-0.4, -0.2) is 47.0 Å². The van der Waals surface area contributed by atoms with Crippen molar-refractivity contribution in [3.63, 3.8) is 0 Å². The third-order valence-electron chi connectivity index (χ3n) is 5.36. The highest BCUT2D eigenvalue weighted by Crippen LogP contribution is 2.21. The van der Waals surface area contributed by atoms with Crippen molar-refractivity contribution in [1.29, 1.82) is 0 Å². The Morgan fingerprint density at radius 2 is 1.77 bits per heavy atom. The molecular formula is C23H23ClFN3O3. The number of halogens is 2. The van der Waals surface area contributed by atoms with Crippen molar-refractivity contribution >= 4 is 17.5 Å². The Labute approximate surface area is 185 Å². The second kappa shape index (κ2) is 9.49. The Kier molecular flexibility index (Phi) is 6.53. The largest absolute Gasteiger partial charge is 0.489 e. The van der Waals surface area contributed by atoms with Crippen molar-refractivity contribution in [2.45, 2.75) is 20.1 Å². The van der Waals surface area contributed by atoms with Gasteiger partial charge in [0.05, 0.1) is 5.56 Å². The molecule has 0 radical (unpaired) electrons. The summed E-state index contributed by atoms with van der Waals surface area (Å²) in [6.45, 7) is 5.45. The number of rotatable bonds is 6. The molecular weight excluding hydrogens is 421 g/mol.